The number of fused-ring (bicyclic) bond motifs is 3. The first-order valence-electron chi connectivity index (χ1n) is 10.7. The first kappa shape index (κ1) is 20.7. The van der Waals surface area contributed by atoms with Gasteiger partial charge in [-0.05, 0) is 69.1 Å². The molecule has 2 aromatic carbocycles. The van der Waals surface area contributed by atoms with Crippen molar-refractivity contribution < 1.29 is 9.21 Å². The summed E-state index contributed by atoms with van der Waals surface area (Å²) in [6, 6.07) is 10.9. The normalized spacial score (nSPS) is 14.8. The summed E-state index contributed by atoms with van der Waals surface area (Å²) in [5.74, 6) is 0.735. The highest BCUT2D eigenvalue weighted by Gasteiger charge is 2.18. The Morgan fingerprint density at radius 3 is 2.81 bits per heavy atom. The molecule has 3 heterocycles. The van der Waals surface area contributed by atoms with E-state index in [4.69, 9.17) is 16.0 Å². The summed E-state index contributed by atoms with van der Waals surface area (Å²) < 4.78 is 5.69. The number of carbonyl (C=O) groups excluding carboxylic acids is 1. The summed E-state index contributed by atoms with van der Waals surface area (Å²) >= 11 is 6.52. The number of furan rings is 1. The van der Waals surface area contributed by atoms with Gasteiger partial charge in [-0.1, -0.05) is 23.2 Å². The number of nitrogens with zero attached hydrogens (tertiary/aromatic N) is 1. The summed E-state index contributed by atoms with van der Waals surface area (Å²) in [5.41, 5.74) is 3.17. The van der Waals surface area contributed by atoms with Crippen molar-refractivity contribution in [3.05, 3.63) is 57.3 Å². The van der Waals surface area contributed by atoms with Gasteiger partial charge in [0.25, 0.3) is 5.56 Å². The summed E-state index contributed by atoms with van der Waals surface area (Å²) in [4.78, 5) is 32.5. The van der Waals surface area contributed by atoms with E-state index in [9.17, 15) is 9.59 Å². The van der Waals surface area contributed by atoms with Crippen LogP contribution in [0.25, 0.3) is 33.5 Å². The molecule has 0 saturated carbocycles. The fraction of sp³-hybridized carbons (Fsp3) is 0.292. The third-order valence-corrected chi connectivity index (χ3v) is 6.23. The maximum Gasteiger partial charge on any atom is 0.294 e. The molecule has 4 aromatic rings. The molecule has 32 heavy (non-hydrogen) atoms. The lowest BCUT2D eigenvalue weighted by Crippen LogP contribution is -2.30. The SMILES string of the molecule is Cc1ccc2oc3c(=O)[nH]c(-c4ccc(NC(=O)CC5CCNCC5)cc4Cl)nc3c2c1. The number of benzene rings is 2. The topological polar surface area (TPSA) is 100 Å². The van der Waals surface area contributed by atoms with Gasteiger partial charge in [0.2, 0.25) is 11.5 Å². The molecule has 8 heteroatoms. The number of aromatic nitrogens is 2. The Morgan fingerprint density at radius 2 is 2.03 bits per heavy atom. The van der Waals surface area contributed by atoms with E-state index >= 15 is 0 Å². The zero-order chi connectivity index (χ0) is 22.2. The molecule has 0 bridgehead atoms. The molecule has 0 spiro atoms. The first-order valence-corrected chi connectivity index (χ1v) is 11.1. The molecular weight excluding hydrogens is 428 g/mol. The molecule has 1 amide bonds. The molecule has 1 fully saturated rings. The number of amides is 1. The second-order valence-electron chi connectivity index (χ2n) is 8.33. The summed E-state index contributed by atoms with van der Waals surface area (Å²) in [6.45, 7) is 3.89. The lowest BCUT2D eigenvalue weighted by Gasteiger charge is -2.22. The Labute approximate surface area is 189 Å². The highest BCUT2D eigenvalue weighted by molar-refractivity contribution is 6.33. The lowest BCUT2D eigenvalue weighted by molar-refractivity contribution is -0.117. The van der Waals surface area contributed by atoms with Gasteiger partial charge in [0, 0.05) is 23.1 Å². The van der Waals surface area contributed by atoms with Crippen LogP contribution in [0.15, 0.2) is 45.6 Å². The van der Waals surface area contributed by atoms with Gasteiger partial charge in [-0.15, -0.1) is 0 Å². The van der Waals surface area contributed by atoms with Gasteiger partial charge >= 0.3 is 0 Å². The maximum atomic E-state index is 12.6. The highest BCUT2D eigenvalue weighted by Crippen LogP contribution is 2.31. The van der Waals surface area contributed by atoms with E-state index in [-0.39, 0.29) is 17.0 Å². The Balaban J connectivity index is 1.43. The molecule has 1 aliphatic rings. The van der Waals surface area contributed by atoms with Gasteiger partial charge in [0.1, 0.15) is 16.9 Å². The van der Waals surface area contributed by atoms with E-state index in [1.165, 1.54) is 0 Å². The average molecular weight is 451 g/mol. The number of rotatable bonds is 4. The van der Waals surface area contributed by atoms with Crippen molar-refractivity contribution in [2.24, 2.45) is 5.92 Å². The number of hydrogen-bond donors (Lipinski definition) is 3. The van der Waals surface area contributed by atoms with Crippen LogP contribution in [-0.4, -0.2) is 29.0 Å². The van der Waals surface area contributed by atoms with Gasteiger partial charge < -0.3 is 20.0 Å². The van der Waals surface area contributed by atoms with Crippen LogP contribution in [0.1, 0.15) is 24.8 Å². The molecule has 1 aliphatic heterocycles. The van der Waals surface area contributed by atoms with E-state index in [1.54, 1.807) is 18.2 Å². The first-order chi connectivity index (χ1) is 15.5. The molecule has 3 N–H and O–H groups in total. The van der Waals surface area contributed by atoms with Crippen LogP contribution in [-0.2, 0) is 4.79 Å². The van der Waals surface area contributed by atoms with Crippen molar-refractivity contribution >= 4 is 45.3 Å². The van der Waals surface area contributed by atoms with Crippen LogP contribution in [0, 0.1) is 12.8 Å². The van der Waals surface area contributed by atoms with Gasteiger partial charge in [0.15, 0.2) is 0 Å². The molecule has 164 valence electrons. The highest BCUT2D eigenvalue weighted by atomic mass is 35.5. The van der Waals surface area contributed by atoms with Crippen LogP contribution in [0.3, 0.4) is 0 Å². The smallest absolute Gasteiger partial charge is 0.294 e. The maximum absolute atomic E-state index is 12.6. The Hall–Kier alpha value is -3.16. The minimum absolute atomic E-state index is 0.0195. The van der Waals surface area contributed by atoms with E-state index in [1.807, 2.05) is 25.1 Å². The number of halogens is 1. The summed E-state index contributed by atoms with van der Waals surface area (Å²) in [6.07, 6.45) is 2.52. The summed E-state index contributed by atoms with van der Waals surface area (Å²) in [7, 11) is 0. The average Bonchev–Trinajstić information content (AvgIpc) is 3.13. The molecule has 0 atom stereocenters. The standard InChI is InChI=1S/C24H23ClN4O3/c1-13-2-5-19-17(10-13)21-22(32-19)24(31)29-23(28-21)16-4-3-15(12-18(16)25)27-20(30)11-14-6-8-26-9-7-14/h2-5,10,12,14,26H,6-9,11H2,1H3,(H,27,30)(H,28,29,31). The van der Waals surface area contributed by atoms with Crippen molar-refractivity contribution in [2.75, 3.05) is 18.4 Å². The minimum atomic E-state index is -0.366. The minimum Gasteiger partial charge on any atom is -0.449 e. The molecule has 0 aliphatic carbocycles. The quantitative estimate of drug-likeness (QED) is 0.421. The van der Waals surface area contributed by atoms with Crippen LogP contribution in [0.2, 0.25) is 5.02 Å². The molecule has 2 aromatic heterocycles. The number of aryl methyl sites for hydroxylation is 1. The molecule has 0 unspecified atom stereocenters. The van der Waals surface area contributed by atoms with Crippen molar-refractivity contribution in [1.82, 2.24) is 15.3 Å². The lowest BCUT2D eigenvalue weighted by atomic mass is 9.94. The van der Waals surface area contributed by atoms with Crippen molar-refractivity contribution in [3.63, 3.8) is 0 Å². The number of anilines is 1. The van der Waals surface area contributed by atoms with Crippen LogP contribution < -0.4 is 16.2 Å². The van der Waals surface area contributed by atoms with E-state index in [0.29, 0.717) is 45.5 Å². The predicted octanol–water partition coefficient (Wildman–Crippen LogP) is 4.63. The van der Waals surface area contributed by atoms with Gasteiger partial charge in [-0.25, -0.2) is 4.98 Å². The van der Waals surface area contributed by atoms with Crippen LogP contribution in [0.4, 0.5) is 5.69 Å². The monoisotopic (exact) mass is 450 g/mol. The number of carbonyl (C=O) groups is 1. The van der Waals surface area contributed by atoms with Crippen LogP contribution in [0.5, 0.6) is 0 Å². The third-order valence-electron chi connectivity index (χ3n) is 5.92. The van der Waals surface area contributed by atoms with Crippen molar-refractivity contribution in [3.8, 4) is 11.4 Å². The largest absolute Gasteiger partial charge is 0.449 e. The zero-order valence-electron chi connectivity index (χ0n) is 17.6. The number of piperidine rings is 1. The Bertz CT molecular complexity index is 1390. The Morgan fingerprint density at radius 1 is 1.22 bits per heavy atom. The zero-order valence-corrected chi connectivity index (χ0v) is 18.4. The van der Waals surface area contributed by atoms with E-state index in [0.717, 1.165) is 36.9 Å². The van der Waals surface area contributed by atoms with E-state index < -0.39 is 0 Å². The van der Waals surface area contributed by atoms with Crippen molar-refractivity contribution in [2.45, 2.75) is 26.2 Å². The van der Waals surface area contributed by atoms with Gasteiger partial charge in [-0.3, -0.25) is 9.59 Å². The fourth-order valence-electron chi connectivity index (χ4n) is 4.24. The van der Waals surface area contributed by atoms with Gasteiger partial charge in [-0.2, -0.15) is 0 Å². The Kier molecular flexibility index (Phi) is 5.45. The molecule has 5 rings (SSSR count). The molecular formula is C24H23ClN4O3. The molecule has 7 nitrogen and oxygen atoms in total. The summed E-state index contributed by atoms with van der Waals surface area (Å²) in [5, 5.41) is 7.40. The number of aromatic amines is 1. The third kappa shape index (κ3) is 4.01. The number of H-pyrrole nitrogens is 1. The second-order valence-corrected chi connectivity index (χ2v) is 8.74. The fourth-order valence-corrected chi connectivity index (χ4v) is 4.51. The molecule has 1 saturated heterocycles. The molecule has 0 radical (unpaired) electrons. The van der Waals surface area contributed by atoms with Gasteiger partial charge in [0.05, 0.1) is 5.02 Å². The number of nitrogens with one attached hydrogen (secondary N) is 3. The number of hydrogen-bond acceptors (Lipinski definition) is 5. The van der Waals surface area contributed by atoms with Crippen LogP contribution >= 0.6 is 11.6 Å². The van der Waals surface area contributed by atoms with E-state index in [2.05, 4.69) is 20.6 Å². The van der Waals surface area contributed by atoms with Crippen molar-refractivity contribution in [1.29, 1.82) is 0 Å². The predicted molar refractivity (Wildman–Crippen MR) is 126 cm³/mol. The second kappa shape index (κ2) is 8.41.